The maximum Gasteiger partial charge on any atom is 0.225 e. The van der Waals surface area contributed by atoms with Crippen molar-refractivity contribution in [3.8, 4) is 5.75 Å². The Balaban J connectivity index is 1.36. The quantitative estimate of drug-likeness (QED) is 0.678. The predicted octanol–water partition coefficient (Wildman–Crippen LogP) is 4.98. The van der Waals surface area contributed by atoms with E-state index in [9.17, 15) is 4.79 Å². The van der Waals surface area contributed by atoms with Gasteiger partial charge in [-0.3, -0.25) is 9.69 Å². The highest BCUT2D eigenvalue weighted by atomic mass is 35.5. The van der Waals surface area contributed by atoms with Crippen molar-refractivity contribution in [2.24, 2.45) is 5.92 Å². The van der Waals surface area contributed by atoms with Gasteiger partial charge in [-0.05, 0) is 66.5 Å². The summed E-state index contributed by atoms with van der Waals surface area (Å²) in [6, 6.07) is 10.8. The van der Waals surface area contributed by atoms with Gasteiger partial charge in [0.15, 0.2) is 0 Å². The lowest BCUT2D eigenvalue weighted by Crippen LogP contribution is -2.52. The van der Waals surface area contributed by atoms with Crippen molar-refractivity contribution in [2.45, 2.75) is 52.2 Å². The second-order valence-corrected chi connectivity index (χ2v) is 9.24. The zero-order chi connectivity index (χ0) is 21.3. The molecule has 160 valence electrons. The first-order valence-corrected chi connectivity index (χ1v) is 11.3. The Morgan fingerprint density at radius 3 is 2.40 bits per heavy atom. The normalized spacial score (nSPS) is 17.3. The molecule has 2 aliphatic rings. The average molecular weight is 427 g/mol. The number of likely N-dealkylation sites (tertiary alicyclic amines) is 1. The molecule has 1 aliphatic carbocycles. The molecule has 5 heteroatoms. The molecule has 30 heavy (non-hydrogen) atoms. The zero-order valence-corrected chi connectivity index (χ0v) is 18.9. The maximum atomic E-state index is 11.7. The molecule has 0 radical (unpaired) electrons. The molecule has 0 atom stereocenters. The Bertz CT molecular complexity index is 910. The Morgan fingerprint density at radius 2 is 1.83 bits per heavy atom. The summed E-state index contributed by atoms with van der Waals surface area (Å²) in [5.74, 6) is 1.86. The molecule has 0 unspecified atom stereocenters. The molecule has 4 rings (SSSR count). The largest absolute Gasteiger partial charge is 0.488 e. The van der Waals surface area contributed by atoms with E-state index in [1.165, 1.54) is 30.4 Å². The average Bonchev–Trinajstić information content (AvgIpc) is 2.63. The van der Waals surface area contributed by atoms with Crippen molar-refractivity contribution in [3.63, 3.8) is 0 Å². The van der Waals surface area contributed by atoms with E-state index in [2.05, 4.69) is 54.4 Å². The topological polar surface area (TPSA) is 41.6 Å². The number of nitrogens with zero attached hydrogens (tertiary/aromatic N) is 1. The van der Waals surface area contributed by atoms with Crippen molar-refractivity contribution in [2.75, 3.05) is 20.1 Å². The summed E-state index contributed by atoms with van der Waals surface area (Å²) in [6.07, 6.45) is 3.82. The van der Waals surface area contributed by atoms with E-state index in [1.54, 1.807) is 7.05 Å². The van der Waals surface area contributed by atoms with E-state index < -0.39 is 0 Å². The highest BCUT2D eigenvalue weighted by Crippen LogP contribution is 2.40. The zero-order valence-electron chi connectivity index (χ0n) is 18.1. The number of rotatable bonds is 7. The van der Waals surface area contributed by atoms with Crippen LogP contribution in [0, 0.1) is 19.8 Å². The fourth-order valence-corrected chi connectivity index (χ4v) is 4.91. The lowest BCUT2D eigenvalue weighted by molar-refractivity contribution is -0.129. The molecular formula is C25H31ClN2O2. The van der Waals surface area contributed by atoms with Crippen LogP contribution in [-0.2, 0) is 17.9 Å². The van der Waals surface area contributed by atoms with Gasteiger partial charge in [0, 0.05) is 31.7 Å². The van der Waals surface area contributed by atoms with Crippen LogP contribution >= 0.6 is 11.6 Å². The Hall–Kier alpha value is -2.04. The van der Waals surface area contributed by atoms with Gasteiger partial charge in [0.1, 0.15) is 12.4 Å². The van der Waals surface area contributed by atoms with Crippen molar-refractivity contribution in [1.82, 2.24) is 10.2 Å². The van der Waals surface area contributed by atoms with Crippen molar-refractivity contribution in [3.05, 3.63) is 63.2 Å². The van der Waals surface area contributed by atoms with Gasteiger partial charge in [0.2, 0.25) is 5.91 Å². The second kappa shape index (κ2) is 8.99. The third kappa shape index (κ3) is 4.50. The van der Waals surface area contributed by atoms with Crippen molar-refractivity contribution < 1.29 is 9.53 Å². The molecule has 1 aliphatic heterocycles. The molecule has 1 N–H and O–H groups in total. The van der Waals surface area contributed by atoms with Gasteiger partial charge in [0.05, 0.1) is 5.92 Å². The molecule has 2 aromatic carbocycles. The van der Waals surface area contributed by atoms with Crippen LogP contribution in [0.1, 0.15) is 53.0 Å². The van der Waals surface area contributed by atoms with E-state index in [1.807, 2.05) is 0 Å². The number of aryl methyl sites for hydroxylation is 2. The Kier molecular flexibility index (Phi) is 6.35. The number of benzene rings is 2. The van der Waals surface area contributed by atoms with Crippen LogP contribution in [0.4, 0.5) is 0 Å². The van der Waals surface area contributed by atoms with Gasteiger partial charge in [-0.25, -0.2) is 0 Å². The van der Waals surface area contributed by atoms with Crippen LogP contribution in [0.3, 0.4) is 0 Å². The summed E-state index contributed by atoms with van der Waals surface area (Å²) < 4.78 is 6.19. The van der Waals surface area contributed by atoms with Crippen LogP contribution in [0.15, 0.2) is 30.3 Å². The van der Waals surface area contributed by atoms with Gasteiger partial charge in [-0.1, -0.05) is 42.3 Å². The van der Waals surface area contributed by atoms with Gasteiger partial charge >= 0.3 is 0 Å². The highest BCUT2D eigenvalue weighted by Gasteiger charge is 2.31. The number of carbonyl (C=O) groups excluding carboxylic acids is 1. The number of ether oxygens (including phenoxy) is 1. The van der Waals surface area contributed by atoms with E-state index >= 15 is 0 Å². The van der Waals surface area contributed by atoms with Gasteiger partial charge in [-0.15, -0.1) is 0 Å². The number of carbonyl (C=O) groups is 1. The fourth-order valence-electron chi connectivity index (χ4n) is 4.55. The van der Waals surface area contributed by atoms with E-state index in [4.69, 9.17) is 16.3 Å². The standard InChI is InChI=1S/C25H31ClN2O2/c1-16-9-19(12-28-13-21(14-28)25(29)27-3)10-17(2)24(16)30-15-18-7-8-22(23(26)11-18)20-5-4-6-20/h7-11,20-21H,4-6,12-15H2,1-3H3,(H,27,29). The van der Waals surface area contributed by atoms with Gasteiger partial charge < -0.3 is 10.1 Å². The molecule has 0 spiro atoms. The molecule has 1 saturated heterocycles. The molecule has 2 fully saturated rings. The molecule has 0 bridgehead atoms. The monoisotopic (exact) mass is 426 g/mol. The first-order chi connectivity index (χ1) is 14.4. The molecule has 1 heterocycles. The molecular weight excluding hydrogens is 396 g/mol. The number of nitrogens with one attached hydrogen (secondary N) is 1. The molecule has 4 nitrogen and oxygen atoms in total. The fraction of sp³-hybridized carbons (Fsp3) is 0.480. The SMILES string of the molecule is CNC(=O)C1CN(Cc2cc(C)c(OCc3ccc(C4CCC4)c(Cl)c3)c(C)c2)C1. The van der Waals surface area contributed by atoms with Gasteiger partial charge in [0.25, 0.3) is 0 Å². The minimum absolute atomic E-state index is 0.127. The van der Waals surface area contributed by atoms with Crippen LogP contribution in [-0.4, -0.2) is 30.9 Å². The minimum Gasteiger partial charge on any atom is -0.488 e. The third-order valence-electron chi connectivity index (χ3n) is 6.49. The lowest BCUT2D eigenvalue weighted by Gasteiger charge is -2.38. The highest BCUT2D eigenvalue weighted by molar-refractivity contribution is 6.31. The molecule has 2 aromatic rings. The van der Waals surface area contributed by atoms with Crippen LogP contribution in [0.25, 0.3) is 0 Å². The first kappa shape index (κ1) is 21.2. The van der Waals surface area contributed by atoms with E-state index in [0.717, 1.165) is 47.1 Å². The summed E-state index contributed by atoms with van der Waals surface area (Å²) >= 11 is 6.52. The smallest absolute Gasteiger partial charge is 0.225 e. The predicted molar refractivity (Wildman–Crippen MR) is 121 cm³/mol. The number of hydrogen-bond donors (Lipinski definition) is 1. The summed E-state index contributed by atoms with van der Waals surface area (Å²) in [7, 11) is 1.70. The molecule has 1 amide bonds. The molecule has 1 saturated carbocycles. The molecule has 0 aromatic heterocycles. The number of hydrogen-bond acceptors (Lipinski definition) is 3. The van der Waals surface area contributed by atoms with Crippen LogP contribution in [0.5, 0.6) is 5.75 Å². The minimum atomic E-state index is 0.127. The summed E-state index contributed by atoms with van der Waals surface area (Å²) in [4.78, 5) is 14.0. The van der Waals surface area contributed by atoms with Gasteiger partial charge in [-0.2, -0.15) is 0 Å². The Morgan fingerprint density at radius 1 is 1.13 bits per heavy atom. The van der Waals surface area contributed by atoms with Crippen LogP contribution < -0.4 is 10.1 Å². The van der Waals surface area contributed by atoms with Crippen molar-refractivity contribution in [1.29, 1.82) is 0 Å². The van der Waals surface area contributed by atoms with E-state index in [-0.39, 0.29) is 11.8 Å². The second-order valence-electron chi connectivity index (χ2n) is 8.84. The summed E-state index contributed by atoms with van der Waals surface area (Å²) in [5.41, 5.74) is 5.94. The van der Waals surface area contributed by atoms with Crippen LogP contribution in [0.2, 0.25) is 5.02 Å². The number of amides is 1. The first-order valence-electron chi connectivity index (χ1n) is 10.9. The van der Waals surface area contributed by atoms with Crippen molar-refractivity contribution >= 4 is 17.5 Å². The maximum absolute atomic E-state index is 11.7. The summed E-state index contributed by atoms with van der Waals surface area (Å²) in [6.45, 7) is 7.24. The summed E-state index contributed by atoms with van der Waals surface area (Å²) in [5, 5.41) is 3.60. The van der Waals surface area contributed by atoms with E-state index in [0.29, 0.717) is 12.5 Å². The lowest BCUT2D eigenvalue weighted by atomic mass is 9.80. The number of halogens is 1. The Labute approximate surface area is 184 Å². The third-order valence-corrected chi connectivity index (χ3v) is 6.82.